The van der Waals surface area contributed by atoms with Gasteiger partial charge in [-0.15, -0.1) is 0 Å². The maximum Gasteiger partial charge on any atom is 0.223 e. The molecule has 1 amide bonds. The van der Waals surface area contributed by atoms with E-state index in [1.807, 2.05) is 30.5 Å². The van der Waals surface area contributed by atoms with Crippen LogP contribution in [0, 0.1) is 5.92 Å². The summed E-state index contributed by atoms with van der Waals surface area (Å²) in [5.74, 6) is 0.263. The number of aromatic nitrogens is 3. The standard InChI is InChI=1S/C22H22N4O/c27-22(19-4-2-1-3-5-19)24-14-16-6-8-18(9-7-16)21-20(15-25-26-21)17-10-12-23-13-11-17/h1-2,6-13,15,19H,3-5,14H2,(H,24,27)(H,25,26). The number of nitrogens with one attached hydrogen (secondary N) is 2. The molecule has 2 N–H and O–H groups in total. The lowest BCUT2D eigenvalue weighted by atomic mass is 9.93. The van der Waals surface area contributed by atoms with Gasteiger partial charge in [-0.3, -0.25) is 14.9 Å². The number of carbonyl (C=O) groups is 1. The summed E-state index contributed by atoms with van der Waals surface area (Å²) in [7, 11) is 0. The molecule has 1 unspecified atom stereocenters. The molecular formula is C22H22N4O. The molecule has 2 heterocycles. The van der Waals surface area contributed by atoms with Gasteiger partial charge in [0.1, 0.15) is 0 Å². The highest BCUT2D eigenvalue weighted by atomic mass is 16.1. The molecule has 0 radical (unpaired) electrons. The summed E-state index contributed by atoms with van der Waals surface area (Å²) < 4.78 is 0. The topological polar surface area (TPSA) is 70.7 Å². The number of hydrogen-bond acceptors (Lipinski definition) is 3. The zero-order valence-corrected chi connectivity index (χ0v) is 15.1. The largest absolute Gasteiger partial charge is 0.352 e. The quantitative estimate of drug-likeness (QED) is 0.674. The van der Waals surface area contributed by atoms with Gasteiger partial charge in [-0.2, -0.15) is 5.10 Å². The van der Waals surface area contributed by atoms with Crippen LogP contribution in [0.5, 0.6) is 0 Å². The van der Waals surface area contributed by atoms with Gasteiger partial charge >= 0.3 is 0 Å². The summed E-state index contributed by atoms with van der Waals surface area (Å²) in [6.07, 6.45) is 12.4. The van der Waals surface area contributed by atoms with E-state index in [4.69, 9.17) is 0 Å². The highest BCUT2D eigenvalue weighted by molar-refractivity contribution is 5.80. The molecule has 4 rings (SSSR count). The van der Waals surface area contributed by atoms with Crippen molar-refractivity contribution in [1.82, 2.24) is 20.5 Å². The van der Waals surface area contributed by atoms with Gasteiger partial charge in [0.15, 0.2) is 0 Å². The number of hydrogen-bond donors (Lipinski definition) is 2. The lowest BCUT2D eigenvalue weighted by Gasteiger charge is -2.17. The van der Waals surface area contributed by atoms with Crippen molar-refractivity contribution in [2.24, 2.45) is 5.92 Å². The Morgan fingerprint density at radius 1 is 1.07 bits per heavy atom. The molecule has 1 aliphatic rings. The fraction of sp³-hybridized carbons (Fsp3) is 0.227. The number of benzene rings is 1. The Hall–Kier alpha value is -3.21. The van der Waals surface area contributed by atoms with Gasteiger partial charge in [-0.25, -0.2) is 0 Å². The van der Waals surface area contributed by atoms with Crippen LogP contribution >= 0.6 is 0 Å². The first-order valence-electron chi connectivity index (χ1n) is 9.27. The second kappa shape index (κ2) is 7.99. The van der Waals surface area contributed by atoms with Crippen LogP contribution in [0.4, 0.5) is 0 Å². The van der Waals surface area contributed by atoms with Crippen molar-refractivity contribution in [2.45, 2.75) is 25.8 Å². The van der Waals surface area contributed by atoms with Crippen molar-refractivity contribution in [3.8, 4) is 22.4 Å². The highest BCUT2D eigenvalue weighted by Crippen LogP contribution is 2.29. The van der Waals surface area contributed by atoms with Gasteiger partial charge < -0.3 is 5.32 Å². The van der Waals surface area contributed by atoms with Crippen LogP contribution in [0.2, 0.25) is 0 Å². The average Bonchev–Trinajstić information content (AvgIpc) is 3.23. The predicted octanol–water partition coefficient (Wildman–Crippen LogP) is 4.11. The van der Waals surface area contributed by atoms with Crippen molar-refractivity contribution >= 4 is 5.91 Å². The molecule has 1 atom stereocenters. The lowest BCUT2D eigenvalue weighted by Crippen LogP contribution is -2.30. The molecule has 1 aliphatic carbocycles. The molecule has 0 saturated carbocycles. The summed E-state index contributed by atoms with van der Waals surface area (Å²) in [5, 5.41) is 10.3. The van der Waals surface area contributed by atoms with Crippen molar-refractivity contribution in [3.05, 3.63) is 72.7 Å². The van der Waals surface area contributed by atoms with Gasteiger partial charge in [-0.05, 0) is 42.5 Å². The van der Waals surface area contributed by atoms with Crippen LogP contribution < -0.4 is 5.32 Å². The average molecular weight is 358 g/mol. The first-order chi connectivity index (χ1) is 13.3. The predicted molar refractivity (Wildman–Crippen MR) is 106 cm³/mol. The Balaban J connectivity index is 1.43. The smallest absolute Gasteiger partial charge is 0.223 e. The lowest BCUT2D eigenvalue weighted by molar-refractivity contribution is -0.125. The summed E-state index contributed by atoms with van der Waals surface area (Å²) >= 11 is 0. The van der Waals surface area contributed by atoms with Crippen LogP contribution in [0.15, 0.2) is 67.1 Å². The number of aromatic amines is 1. The summed E-state index contributed by atoms with van der Waals surface area (Å²) in [5.41, 5.74) is 5.25. The van der Waals surface area contributed by atoms with E-state index in [1.165, 1.54) is 0 Å². The summed E-state index contributed by atoms with van der Waals surface area (Å²) in [6.45, 7) is 0.555. The number of allylic oxidation sites excluding steroid dienone is 2. The molecule has 0 fully saturated rings. The van der Waals surface area contributed by atoms with Gasteiger partial charge in [0.05, 0.1) is 11.9 Å². The maximum absolute atomic E-state index is 12.3. The molecule has 3 aromatic rings. The number of carbonyl (C=O) groups excluding carboxylic acids is 1. The fourth-order valence-electron chi connectivity index (χ4n) is 3.41. The fourth-order valence-corrected chi connectivity index (χ4v) is 3.41. The molecule has 136 valence electrons. The Morgan fingerprint density at radius 3 is 2.63 bits per heavy atom. The zero-order valence-electron chi connectivity index (χ0n) is 15.1. The molecule has 27 heavy (non-hydrogen) atoms. The Labute approximate surface area is 158 Å². The van der Waals surface area contributed by atoms with Crippen LogP contribution in [0.3, 0.4) is 0 Å². The Morgan fingerprint density at radius 2 is 1.89 bits per heavy atom. The molecule has 1 aromatic carbocycles. The molecule has 0 aliphatic heterocycles. The van der Waals surface area contributed by atoms with Crippen LogP contribution in [-0.2, 0) is 11.3 Å². The van der Waals surface area contributed by atoms with Crippen LogP contribution in [0.1, 0.15) is 24.8 Å². The number of pyridine rings is 1. The third-order valence-electron chi connectivity index (χ3n) is 4.98. The van der Waals surface area contributed by atoms with E-state index in [0.29, 0.717) is 6.54 Å². The SMILES string of the molecule is O=C(NCc1ccc(-c2[nH]ncc2-c2ccncc2)cc1)C1CC=CCC1. The van der Waals surface area contributed by atoms with E-state index in [1.54, 1.807) is 12.4 Å². The van der Waals surface area contributed by atoms with Crippen LogP contribution in [-0.4, -0.2) is 21.1 Å². The Kier molecular flexibility index (Phi) is 5.10. The van der Waals surface area contributed by atoms with Crippen LogP contribution in [0.25, 0.3) is 22.4 Å². The Bertz CT molecular complexity index is 928. The van der Waals surface area contributed by atoms with Gasteiger partial charge in [-0.1, -0.05) is 36.4 Å². The zero-order chi connectivity index (χ0) is 18.5. The first kappa shape index (κ1) is 17.2. The minimum absolute atomic E-state index is 0.113. The second-order valence-corrected chi connectivity index (χ2v) is 6.79. The number of H-pyrrole nitrogens is 1. The maximum atomic E-state index is 12.3. The number of rotatable bonds is 5. The van der Waals surface area contributed by atoms with E-state index in [0.717, 1.165) is 47.2 Å². The molecule has 2 aromatic heterocycles. The molecule has 0 bridgehead atoms. The molecule has 0 saturated heterocycles. The highest BCUT2D eigenvalue weighted by Gasteiger charge is 2.18. The normalized spacial score (nSPS) is 16.2. The van der Waals surface area contributed by atoms with E-state index < -0.39 is 0 Å². The van der Waals surface area contributed by atoms with Crippen molar-refractivity contribution in [1.29, 1.82) is 0 Å². The van der Waals surface area contributed by atoms with E-state index >= 15 is 0 Å². The third kappa shape index (κ3) is 3.97. The minimum Gasteiger partial charge on any atom is -0.352 e. The van der Waals surface area contributed by atoms with Crippen molar-refractivity contribution in [3.63, 3.8) is 0 Å². The summed E-state index contributed by atoms with van der Waals surface area (Å²) in [4.78, 5) is 16.3. The second-order valence-electron chi connectivity index (χ2n) is 6.79. The van der Waals surface area contributed by atoms with E-state index in [-0.39, 0.29) is 11.8 Å². The van der Waals surface area contributed by atoms with E-state index in [9.17, 15) is 4.79 Å². The van der Waals surface area contributed by atoms with E-state index in [2.05, 4.69) is 44.8 Å². The monoisotopic (exact) mass is 358 g/mol. The van der Waals surface area contributed by atoms with Gasteiger partial charge in [0, 0.05) is 36.0 Å². The number of amides is 1. The van der Waals surface area contributed by atoms with Crippen molar-refractivity contribution in [2.75, 3.05) is 0 Å². The first-order valence-corrected chi connectivity index (χ1v) is 9.27. The summed E-state index contributed by atoms with van der Waals surface area (Å²) in [6, 6.07) is 12.2. The van der Waals surface area contributed by atoms with Gasteiger partial charge in [0.25, 0.3) is 0 Å². The third-order valence-corrected chi connectivity index (χ3v) is 4.98. The molecule has 5 heteroatoms. The molecule has 5 nitrogen and oxygen atoms in total. The van der Waals surface area contributed by atoms with Gasteiger partial charge in [0.2, 0.25) is 5.91 Å². The van der Waals surface area contributed by atoms with Crippen molar-refractivity contribution < 1.29 is 4.79 Å². The number of nitrogens with zero attached hydrogens (tertiary/aromatic N) is 2. The minimum atomic E-state index is 0.113. The molecule has 0 spiro atoms. The molecular weight excluding hydrogens is 336 g/mol.